The Kier molecular flexibility index (Phi) is 3.47. The van der Waals surface area contributed by atoms with Gasteiger partial charge in [0.15, 0.2) is 17.5 Å². The highest BCUT2D eigenvalue weighted by atomic mass is 35.5. The average Bonchev–Trinajstić information content (AvgIpc) is 2.67. The fourth-order valence-corrected chi connectivity index (χ4v) is 1.57. The second kappa shape index (κ2) is 4.89. The summed E-state index contributed by atoms with van der Waals surface area (Å²) < 4.78 is 40.6. The van der Waals surface area contributed by atoms with Crippen LogP contribution in [0.3, 0.4) is 0 Å². The Labute approximate surface area is 106 Å². The van der Waals surface area contributed by atoms with Crippen LogP contribution in [-0.4, -0.2) is 9.55 Å². The molecule has 0 aliphatic rings. The molecule has 3 nitrogen and oxygen atoms in total. The number of hydrogen-bond donors (Lipinski definition) is 1. The minimum absolute atomic E-state index is 0.131. The van der Waals surface area contributed by atoms with Crippen molar-refractivity contribution >= 4 is 17.3 Å². The van der Waals surface area contributed by atoms with Gasteiger partial charge in [-0.05, 0) is 12.1 Å². The van der Waals surface area contributed by atoms with Gasteiger partial charge in [-0.1, -0.05) is 11.6 Å². The summed E-state index contributed by atoms with van der Waals surface area (Å²) in [5.74, 6) is -3.43. The standard InChI is InChI=1S/C11H9ClF3N3/c1-18-8(12)4-17-9(18)5-16-7-3-2-6(13)10(14)11(7)15/h2-4,16H,5H2,1H3. The molecule has 1 aromatic carbocycles. The predicted molar refractivity (Wildman–Crippen MR) is 61.9 cm³/mol. The molecule has 0 amide bonds. The van der Waals surface area contributed by atoms with E-state index in [9.17, 15) is 13.2 Å². The van der Waals surface area contributed by atoms with Gasteiger partial charge in [0.1, 0.15) is 11.0 Å². The fraction of sp³-hybridized carbons (Fsp3) is 0.182. The minimum Gasteiger partial charge on any atom is -0.375 e. The Morgan fingerprint density at radius 2 is 2.00 bits per heavy atom. The highest BCUT2D eigenvalue weighted by molar-refractivity contribution is 6.29. The first-order chi connectivity index (χ1) is 8.50. The SMILES string of the molecule is Cn1c(Cl)cnc1CNc1ccc(F)c(F)c1F. The van der Waals surface area contributed by atoms with E-state index >= 15 is 0 Å². The molecule has 0 radical (unpaired) electrons. The van der Waals surface area contributed by atoms with Gasteiger partial charge in [0.2, 0.25) is 0 Å². The average molecular weight is 276 g/mol. The van der Waals surface area contributed by atoms with Crippen molar-refractivity contribution in [1.29, 1.82) is 0 Å². The Morgan fingerprint density at radius 1 is 1.28 bits per heavy atom. The molecule has 1 heterocycles. The Morgan fingerprint density at radius 3 is 2.61 bits per heavy atom. The quantitative estimate of drug-likeness (QED) is 0.873. The second-order valence-corrected chi connectivity index (χ2v) is 4.02. The van der Waals surface area contributed by atoms with Crippen molar-refractivity contribution in [3.8, 4) is 0 Å². The lowest BCUT2D eigenvalue weighted by Gasteiger charge is -2.08. The van der Waals surface area contributed by atoms with Crippen LogP contribution in [0.15, 0.2) is 18.3 Å². The van der Waals surface area contributed by atoms with Crippen molar-refractivity contribution in [1.82, 2.24) is 9.55 Å². The third-order valence-corrected chi connectivity index (χ3v) is 2.85. The number of nitrogens with zero attached hydrogens (tertiary/aromatic N) is 2. The van der Waals surface area contributed by atoms with E-state index in [4.69, 9.17) is 11.6 Å². The van der Waals surface area contributed by atoms with Gasteiger partial charge in [0.25, 0.3) is 0 Å². The van der Waals surface area contributed by atoms with Crippen molar-refractivity contribution in [2.75, 3.05) is 5.32 Å². The molecule has 1 N–H and O–H groups in total. The zero-order valence-electron chi connectivity index (χ0n) is 9.35. The van der Waals surface area contributed by atoms with Crippen LogP contribution in [-0.2, 0) is 13.6 Å². The van der Waals surface area contributed by atoms with Gasteiger partial charge in [-0.25, -0.2) is 18.2 Å². The van der Waals surface area contributed by atoms with Crippen LogP contribution >= 0.6 is 11.6 Å². The van der Waals surface area contributed by atoms with Gasteiger partial charge in [-0.15, -0.1) is 0 Å². The molecule has 2 aromatic rings. The molecule has 0 unspecified atom stereocenters. The van der Waals surface area contributed by atoms with Crippen molar-refractivity contribution in [3.05, 3.63) is 46.8 Å². The topological polar surface area (TPSA) is 29.9 Å². The highest BCUT2D eigenvalue weighted by Gasteiger charge is 2.13. The van der Waals surface area contributed by atoms with E-state index < -0.39 is 17.5 Å². The number of halogens is 4. The van der Waals surface area contributed by atoms with Gasteiger partial charge in [0, 0.05) is 7.05 Å². The van der Waals surface area contributed by atoms with Gasteiger partial charge < -0.3 is 9.88 Å². The number of hydrogen-bond acceptors (Lipinski definition) is 2. The monoisotopic (exact) mass is 275 g/mol. The first kappa shape index (κ1) is 12.8. The second-order valence-electron chi connectivity index (χ2n) is 3.63. The smallest absolute Gasteiger partial charge is 0.196 e. The third-order valence-electron chi connectivity index (χ3n) is 2.50. The van der Waals surface area contributed by atoms with E-state index in [0.29, 0.717) is 11.0 Å². The normalized spacial score (nSPS) is 10.7. The van der Waals surface area contributed by atoms with Gasteiger partial charge in [0.05, 0.1) is 18.4 Å². The van der Waals surface area contributed by atoms with Crippen molar-refractivity contribution in [2.24, 2.45) is 7.05 Å². The molecule has 1 aromatic heterocycles. The van der Waals surface area contributed by atoms with Gasteiger partial charge >= 0.3 is 0 Å². The first-order valence-electron chi connectivity index (χ1n) is 5.04. The van der Waals surface area contributed by atoms with Crippen LogP contribution in [0.4, 0.5) is 18.9 Å². The van der Waals surface area contributed by atoms with Crippen molar-refractivity contribution in [2.45, 2.75) is 6.54 Å². The number of aromatic nitrogens is 2. The zero-order valence-corrected chi connectivity index (χ0v) is 10.1. The lowest BCUT2D eigenvalue weighted by Crippen LogP contribution is -2.08. The summed E-state index contributed by atoms with van der Waals surface area (Å²) in [6.45, 7) is 0.144. The summed E-state index contributed by atoms with van der Waals surface area (Å²) in [5.41, 5.74) is -0.131. The summed E-state index contributed by atoms with van der Waals surface area (Å²) >= 11 is 5.78. The van der Waals surface area contributed by atoms with Crippen LogP contribution in [0.2, 0.25) is 5.15 Å². The Hall–Kier alpha value is -1.69. The lowest BCUT2D eigenvalue weighted by atomic mass is 10.3. The van der Waals surface area contributed by atoms with Crippen LogP contribution in [0.5, 0.6) is 0 Å². The predicted octanol–water partition coefficient (Wildman–Crippen LogP) is 3.10. The van der Waals surface area contributed by atoms with E-state index in [-0.39, 0.29) is 12.2 Å². The van der Waals surface area contributed by atoms with E-state index in [0.717, 1.165) is 12.1 Å². The van der Waals surface area contributed by atoms with E-state index in [2.05, 4.69) is 10.3 Å². The molecular formula is C11H9ClF3N3. The maximum atomic E-state index is 13.3. The van der Waals surface area contributed by atoms with E-state index in [1.807, 2.05) is 0 Å². The molecule has 7 heteroatoms. The molecule has 0 saturated heterocycles. The van der Waals surface area contributed by atoms with Crippen LogP contribution in [0, 0.1) is 17.5 Å². The molecular weight excluding hydrogens is 267 g/mol. The number of anilines is 1. The van der Waals surface area contributed by atoms with Gasteiger partial charge in [-0.2, -0.15) is 0 Å². The minimum atomic E-state index is -1.50. The number of imidazole rings is 1. The summed E-state index contributed by atoms with van der Waals surface area (Å²) in [7, 11) is 1.69. The fourth-order valence-electron chi connectivity index (χ4n) is 1.43. The zero-order chi connectivity index (χ0) is 13.3. The molecule has 2 rings (SSSR count). The number of benzene rings is 1. The molecule has 18 heavy (non-hydrogen) atoms. The molecule has 96 valence electrons. The van der Waals surface area contributed by atoms with E-state index in [1.165, 1.54) is 6.20 Å². The summed E-state index contributed by atoms with van der Waals surface area (Å²) in [6, 6.07) is 1.98. The largest absolute Gasteiger partial charge is 0.375 e. The van der Waals surface area contributed by atoms with Crippen LogP contribution in [0.25, 0.3) is 0 Å². The van der Waals surface area contributed by atoms with Crippen LogP contribution < -0.4 is 5.32 Å². The highest BCUT2D eigenvalue weighted by Crippen LogP contribution is 2.20. The van der Waals surface area contributed by atoms with E-state index in [1.54, 1.807) is 11.6 Å². The third kappa shape index (κ3) is 2.28. The summed E-state index contributed by atoms with van der Waals surface area (Å²) in [4.78, 5) is 3.98. The summed E-state index contributed by atoms with van der Waals surface area (Å²) in [6.07, 6.45) is 1.44. The first-order valence-corrected chi connectivity index (χ1v) is 5.42. The van der Waals surface area contributed by atoms with Crippen LogP contribution in [0.1, 0.15) is 5.82 Å². The number of rotatable bonds is 3. The lowest BCUT2D eigenvalue weighted by molar-refractivity contribution is 0.449. The van der Waals surface area contributed by atoms with Gasteiger partial charge in [-0.3, -0.25) is 0 Å². The maximum absolute atomic E-state index is 13.3. The molecule has 0 fully saturated rings. The molecule has 0 saturated carbocycles. The molecule has 0 spiro atoms. The molecule has 0 aliphatic carbocycles. The number of nitrogens with one attached hydrogen (secondary N) is 1. The maximum Gasteiger partial charge on any atom is 0.196 e. The Bertz CT molecular complexity index is 583. The van der Waals surface area contributed by atoms with Crippen molar-refractivity contribution in [3.63, 3.8) is 0 Å². The Balaban J connectivity index is 2.16. The molecule has 0 bridgehead atoms. The molecule has 0 atom stereocenters. The molecule has 0 aliphatic heterocycles. The summed E-state index contributed by atoms with van der Waals surface area (Å²) in [5, 5.41) is 3.06. The van der Waals surface area contributed by atoms with Crippen molar-refractivity contribution < 1.29 is 13.2 Å².